The van der Waals surface area contributed by atoms with Crippen molar-refractivity contribution in [1.82, 2.24) is 15.5 Å². The number of unbranched alkanes of at least 4 members (excludes halogenated alkanes) is 1. The van der Waals surface area contributed by atoms with Crippen LogP contribution in [0.2, 0.25) is 0 Å². The van der Waals surface area contributed by atoms with E-state index in [0.29, 0.717) is 0 Å². The molecule has 0 heterocycles. The van der Waals surface area contributed by atoms with E-state index >= 15 is 0 Å². The van der Waals surface area contributed by atoms with Crippen molar-refractivity contribution in [3.63, 3.8) is 0 Å². The molecule has 0 spiro atoms. The molecule has 1 rings (SSSR count). The van der Waals surface area contributed by atoms with E-state index in [4.69, 9.17) is 0 Å². The zero-order valence-corrected chi connectivity index (χ0v) is 16.4. The Morgan fingerprint density at radius 1 is 1.04 bits per heavy atom. The van der Waals surface area contributed by atoms with Gasteiger partial charge in [0.1, 0.15) is 0 Å². The molecule has 1 aromatic rings. The Bertz CT molecular complexity index is 432. The summed E-state index contributed by atoms with van der Waals surface area (Å²) in [5.74, 6) is 1.98. The molecule has 0 bridgehead atoms. The number of hydrogen-bond donors (Lipinski definition) is 2. The van der Waals surface area contributed by atoms with E-state index in [0.717, 1.165) is 50.9 Å². The lowest BCUT2D eigenvalue weighted by Crippen LogP contribution is -2.38. The summed E-state index contributed by atoms with van der Waals surface area (Å²) in [6, 6.07) is 10.5. The van der Waals surface area contributed by atoms with E-state index in [1.807, 2.05) is 11.8 Å². The van der Waals surface area contributed by atoms with Crippen molar-refractivity contribution in [2.24, 2.45) is 4.99 Å². The van der Waals surface area contributed by atoms with Crippen LogP contribution in [0.15, 0.2) is 40.2 Å². The number of guanidine groups is 1. The van der Waals surface area contributed by atoms with Gasteiger partial charge in [-0.05, 0) is 51.5 Å². The Hall–Kier alpha value is -1.20. The van der Waals surface area contributed by atoms with Crippen LogP contribution < -0.4 is 10.6 Å². The first-order valence-electron chi connectivity index (χ1n) is 9.22. The lowest BCUT2D eigenvalue weighted by Gasteiger charge is -2.17. The minimum Gasteiger partial charge on any atom is -0.357 e. The highest BCUT2D eigenvalue weighted by atomic mass is 32.2. The van der Waals surface area contributed by atoms with Crippen molar-refractivity contribution in [3.05, 3.63) is 30.3 Å². The second-order valence-corrected chi connectivity index (χ2v) is 6.75. The SMILES string of the molecule is CCNC(=NCCCCN(CC)CC)NCCSc1ccccc1. The molecule has 0 amide bonds. The fourth-order valence-electron chi connectivity index (χ4n) is 2.37. The molecule has 0 fully saturated rings. The van der Waals surface area contributed by atoms with E-state index in [1.54, 1.807) is 0 Å². The van der Waals surface area contributed by atoms with Gasteiger partial charge in [0, 0.05) is 30.3 Å². The summed E-state index contributed by atoms with van der Waals surface area (Å²) in [6.07, 6.45) is 2.36. The summed E-state index contributed by atoms with van der Waals surface area (Å²) < 4.78 is 0. The summed E-state index contributed by atoms with van der Waals surface area (Å²) in [6.45, 7) is 12.7. The smallest absolute Gasteiger partial charge is 0.191 e. The maximum absolute atomic E-state index is 4.67. The van der Waals surface area contributed by atoms with E-state index in [1.165, 1.54) is 17.9 Å². The lowest BCUT2D eigenvalue weighted by molar-refractivity contribution is 0.297. The number of benzene rings is 1. The number of nitrogens with zero attached hydrogens (tertiary/aromatic N) is 2. The van der Waals surface area contributed by atoms with E-state index in [9.17, 15) is 0 Å². The first-order chi connectivity index (χ1) is 11.8. The molecule has 5 heteroatoms. The minimum absolute atomic E-state index is 0.891. The maximum Gasteiger partial charge on any atom is 0.191 e. The zero-order valence-electron chi connectivity index (χ0n) is 15.6. The monoisotopic (exact) mass is 350 g/mol. The van der Waals surface area contributed by atoms with Gasteiger partial charge in [0.25, 0.3) is 0 Å². The van der Waals surface area contributed by atoms with Gasteiger partial charge in [-0.2, -0.15) is 0 Å². The van der Waals surface area contributed by atoms with Crippen LogP contribution in [-0.4, -0.2) is 55.9 Å². The molecule has 0 aliphatic heterocycles. The van der Waals surface area contributed by atoms with Crippen molar-refractivity contribution < 1.29 is 0 Å². The Balaban J connectivity index is 2.19. The molecule has 0 aromatic heterocycles. The molecule has 1 aromatic carbocycles. The van der Waals surface area contributed by atoms with Gasteiger partial charge < -0.3 is 15.5 Å². The molecule has 136 valence electrons. The number of thioether (sulfide) groups is 1. The molecule has 0 radical (unpaired) electrons. The standard InChI is InChI=1S/C19H34N4S/c1-4-20-19(21-14-10-11-16-23(5-2)6-3)22-15-17-24-18-12-8-7-9-13-18/h7-9,12-13H,4-6,10-11,14-17H2,1-3H3,(H2,20,21,22). The highest BCUT2D eigenvalue weighted by Gasteiger charge is 1.99. The summed E-state index contributed by atoms with van der Waals surface area (Å²) in [4.78, 5) is 8.46. The average molecular weight is 351 g/mol. The Labute approximate surface area is 152 Å². The topological polar surface area (TPSA) is 39.7 Å². The van der Waals surface area contributed by atoms with Gasteiger partial charge in [-0.15, -0.1) is 11.8 Å². The van der Waals surface area contributed by atoms with Crippen molar-refractivity contribution in [3.8, 4) is 0 Å². The van der Waals surface area contributed by atoms with Gasteiger partial charge in [-0.25, -0.2) is 0 Å². The Morgan fingerprint density at radius 3 is 2.46 bits per heavy atom. The van der Waals surface area contributed by atoms with Gasteiger partial charge >= 0.3 is 0 Å². The molecule has 0 unspecified atom stereocenters. The Kier molecular flexibility index (Phi) is 12.3. The zero-order chi connectivity index (χ0) is 17.5. The van der Waals surface area contributed by atoms with Crippen LogP contribution in [0.25, 0.3) is 0 Å². The highest BCUT2D eigenvalue weighted by Crippen LogP contribution is 2.15. The van der Waals surface area contributed by atoms with Crippen LogP contribution in [0.4, 0.5) is 0 Å². The van der Waals surface area contributed by atoms with Crippen molar-refractivity contribution in [2.45, 2.75) is 38.5 Å². The number of hydrogen-bond acceptors (Lipinski definition) is 3. The minimum atomic E-state index is 0.891. The van der Waals surface area contributed by atoms with Crippen LogP contribution in [-0.2, 0) is 0 Å². The second-order valence-electron chi connectivity index (χ2n) is 5.58. The van der Waals surface area contributed by atoms with Gasteiger partial charge in [0.2, 0.25) is 0 Å². The van der Waals surface area contributed by atoms with Crippen LogP contribution in [0.1, 0.15) is 33.6 Å². The molecule has 0 aliphatic rings. The van der Waals surface area contributed by atoms with Crippen molar-refractivity contribution in [2.75, 3.05) is 45.0 Å². The summed E-state index contributed by atoms with van der Waals surface area (Å²) in [5, 5.41) is 6.74. The summed E-state index contributed by atoms with van der Waals surface area (Å²) in [5.41, 5.74) is 0. The first kappa shape index (κ1) is 20.8. The van der Waals surface area contributed by atoms with Crippen LogP contribution >= 0.6 is 11.8 Å². The Morgan fingerprint density at radius 2 is 1.79 bits per heavy atom. The maximum atomic E-state index is 4.67. The van der Waals surface area contributed by atoms with Gasteiger partial charge in [0.15, 0.2) is 5.96 Å². The van der Waals surface area contributed by atoms with Crippen molar-refractivity contribution >= 4 is 17.7 Å². The summed E-state index contributed by atoms with van der Waals surface area (Å²) in [7, 11) is 0. The van der Waals surface area contributed by atoms with E-state index in [-0.39, 0.29) is 0 Å². The first-order valence-corrected chi connectivity index (χ1v) is 10.2. The number of aliphatic imine (C=N–C) groups is 1. The second kappa shape index (κ2) is 14.2. The van der Waals surface area contributed by atoms with Gasteiger partial charge in [-0.1, -0.05) is 32.0 Å². The molecule has 0 aliphatic carbocycles. The number of rotatable bonds is 12. The quantitative estimate of drug-likeness (QED) is 0.262. The normalized spacial score (nSPS) is 11.8. The third-order valence-electron chi connectivity index (χ3n) is 3.80. The largest absolute Gasteiger partial charge is 0.357 e. The van der Waals surface area contributed by atoms with Crippen LogP contribution in [0, 0.1) is 0 Å². The van der Waals surface area contributed by atoms with E-state index in [2.05, 4.69) is 71.6 Å². The van der Waals surface area contributed by atoms with Crippen LogP contribution in [0.3, 0.4) is 0 Å². The third kappa shape index (κ3) is 9.83. The number of nitrogens with one attached hydrogen (secondary N) is 2. The summed E-state index contributed by atoms with van der Waals surface area (Å²) >= 11 is 1.87. The molecular formula is C19H34N4S. The van der Waals surface area contributed by atoms with Gasteiger partial charge in [0.05, 0.1) is 0 Å². The van der Waals surface area contributed by atoms with Crippen LogP contribution in [0.5, 0.6) is 0 Å². The predicted octanol–water partition coefficient (Wildman–Crippen LogP) is 3.46. The average Bonchev–Trinajstić information content (AvgIpc) is 2.62. The fraction of sp³-hybridized carbons (Fsp3) is 0.632. The molecular weight excluding hydrogens is 316 g/mol. The molecule has 0 saturated carbocycles. The molecule has 0 atom stereocenters. The van der Waals surface area contributed by atoms with Crippen molar-refractivity contribution in [1.29, 1.82) is 0 Å². The third-order valence-corrected chi connectivity index (χ3v) is 4.81. The fourth-order valence-corrected chi connectivity index (χ4v) is 3.16. The molecule has 0 saturated heterocycles. The lowest BCUT2D eigenvalue weighted by atomic mass is 10.3. The molecule has 4 nitrogen and oxygen atoms in total. The van der Waals surface area contributed by atoms with Gasteiger partial charge in [-0.3, -0.25) is 4.99 Å². The van der Waals surface area contributed by atoms with E-state index < -0.39 is 0 Å². The molecule has 24 heavy (non-hydrogen) atoms. The molecule has 2 N–H and O–H groups in total. The highest BCUT2D eigenvalue weighted by molar-refractivity contribution is 7.99. The predicted molar refractivity (Wildman–Crippen MR) is 108 cm³/mol.